The highest BCUT2D eigenvalue weighted by molar-refractivity contribution is 4.80. The lowest BCUT2D eigenvalue weighted by Gasteiger charge is -2.32. The van der Waals surface area contributed by atoms with E-state index in [4.69, 9.17) is 0 Å². The van der Waals surface area contributed by atoms with Crippen LogP contribution in [0.4, 0.5) is 26.3 Å². The molecule has 0 aliphatic heterocycles. The molecular weight excluding hydrogens is 354 g/mol. The fourth-order valence-electron chi connectivity index (χ4n) is 4.26. The van der Waals surface area contributed by atoms with E-state index in [1.165, 1.54) is 0 Å². The van der Waals surface area contributed by atoms with Crippen LogP contribution in [0, 0.1) is 35.5 Å². The Kier molecular flexibility index (Phi) is 8.79. The normalized spacial score (nSPS) is 30.9. The lowest BCUT2D eigenvalue weighted by atomic mass is 9.76. The summed E-state index contributed by atoms with van der Waals surface area (Å²) in [6.07, 6.45) is -3.11. The predicted octanol–water partition coefficient (Wildman–Crippen LogP) is 8.02. The van der Waals surface area contributed by atoms with Crippen molar-refractivity contribution >= 4 is 0 Å². The number of hydrogen-bond donors (Lipinski definition) is 0. The Morgan fingerprint density at radius 1 is 0.577 bits per heavy atom. The zero-order valence-corrected chi connectivity index (χ0v) is 16.4. The number of hydrogen-bond acceptors (Lipinski definition) is 0. The smallest absolute Gasteiger partial charge is 0.171 e. The molecule has 0 spiro atoms. The molecule has 2 fully saturated rings. The van der Waals surface area contributed by atoms with Crippen LogP contribution >= 0.6 is 0 Å². The Balaban J connectivity index is 0.000000260. The average molecular weight is 388 g/mol. The third-order valence-corrected chi connectivity index (χ3v) is 6.24. The van der Waals surface area contributed by atoms with Crippen molar-refractivity contribution in [2.75, 3.05) is 0 Å². The first kappa shape index (κ1) is 23.6. The molecule has 26 heavy (non-hydrogen) atoms. The molecule has 0 aromatic carbocycles. The fraction of sp³-hybridized carbons (Fsp3) is 1.00. The summed E-state index contributed by atoms with van der Waals surface area (Å²) in [6, 6.07) is 0. The van der Waals surface area contributed by atoms with E-state index >= 15 is 0 Å². The number of halogens is 6. The summed E-state index contributed by atoms with van der Waals surface area (Å²) in [5.74, 6) is -0.724. The summed E-state index contributed by atoms with van der Waals surface area (Å²) in [7, 11) is 0. The van der Waals surface area contributed by atoms with Gasteiger partial charge in [0.15, 0.2) is 0 Å². The van der Waals surface area contributed by atoms with Crippen molar-refractivity contribution in [2.45, 2.75) is 91.4 Å². The van der Waals surface area contributed by atoms with Crippen LogP contribution in [0.3, 0.4) is 0 Å². The molecule has 0 saturated heterocycles. The Morgan fingerprint density at radius 3 is 1.12 bits per heavy atom. The minimum Gasteiger partial charge on any atom is -0.171 e. The van der Waals surface area contributed by atoms with Crippen molar-refractivity contribution in [2.24, 2.45) is 35.5 Å². The molecule has 0 aromatic heterocycles. The van der Waals surface area contributed by atoms with E-state index in [1.54, 1.807) is 0 Å². The summed E-state index contributed by atoms with van der Waals surface area (Å²) >= 11 is 0. The Labute approximate surface area is 154 Å². The van der Waals surface area contributed by atoms with Crippen LogP contribution in [0.2, 0.25) is 0 Å². The highest BCUT2D eigenvalue weighted by Gasteiger charge is 2.43. The van der Waals surface area contributed by atoms with Crippen LogP contribution < -0.4 is 0 Å². The van der Waals surface area contributed by atoms with Gasteiger partial charge in [0.25, 0.3) is 0 Å². The molecule has 0 aromatic rings. The van der Waals surface area contributed by atoms with Crippen molar-refractivity contribution < 1.29 is 26.3 Å². The summed E-state index contributed by atoms with van der Waals surface area (Å²) in [6.45, 7) is 8.07. The Hall–Kier alpha value is -0.420. The van der Waals surface area contributed by atoms with Crippen LogP contribution in [0.1, 0.15) is 79.1 Å². The van der Waals surface area contributed by atoms with Gasteiger partial charge in [0, 0.05) is 0 Å². The van der Waals surface area contributed by atoms with Gasteiger partial charge < -0.3 is 0 Å². The zero-order chi connectivity index (χ0) is 20.1. The molecule has 0 bridgehead atoms. The van der Waals surface area contributed by atoms with Crippen LogP contribution in [0.5, 0.6) is 0 Å². The maximum Gasteiger partial charge on any atom is 0.391 e. The van der Waals surface area contributed by atoms with E-state index in [-0.39, 0.29) is 11.8 Å². The van der Waals surface area contributed by atoms with Crippen molar-refractivity contribution in [1.29, 1.82) is 0 Å². The zero-order valence-electron chi connectivity index (χ0n) is 16.4. The lowest BCUT2D eigenvalue weighted by Crippen LogP contribution is -2.30. The van der Waals surface area contributed by atoms with Gasteiger partial charge in [0.05, 0.1) is 11.8 Å². The molecule has 0 radical (unpaired) electrons. The van der Waals surface area contributed by atoms with Crippen molar-refractivity contribution in [3.05, 3.63) is 0 Å². The second-order valence-corrected chi connectivity index (χ2v) is 8.82. The summed E-state index contributed by atoms with van der Waals surface area (Å²) < 4.78 is 74.3. The van der Waals surface area contributed by atoms with E-state index in [9.17, 15) is 26.3 Å². The maximum atomic E-state index is 12.4. The molecule has 2 aliphatic carbocycles. The molecule has 6 heteroatoms. The molecule has 2 aliphatic rings. The summed E-state index contributed by atoms with van der Waals surface area (Å²) in [5, 5.41) is 0. The highest BCUT2D eigenvalue weighted by Crippen LogP contribution is 2.43. The van der Waals surface area contributed by atoms with Crippen LogP contribution in [0.15, 0.2) is 0 Å². The van der Waals surface area contributed by atoms with Crippen molar-refractivity contribution in [3.63, 3.8) is 0 Å². The molecular formula is C20H34F6. The molecule has 0 N–H and O–H groups in total. The second-order valence-electron chi connectivity index (χ2n) is 8.82. The van der Waals surface area contributed by atoms with Crippen molar-refractivity contribution in [3.8, 4) is 0 Å². The minimum absolute atomic E-state index is 0.278. The minimum atomic E-state index is -3.96. The van der Waals surface area contributed by atoms with Gasteiger partial charge >= 0.3 is 12.4 Å². The van der Waals surface area contributed by atoms with Gasteiger partial charge in [-0.2, -0.15) is 26.3 Å². The summed E-state index contributed by atoms with van der Waals surface area (Å²) in [4.78, 5) is 0. The third kappa shape index (κ3) is 7.67. The van der Waals surface area contributed by atoms with Gasteiger partial charge in [-0.3, -0.25) is 0 Å². The Morgan fingerprint density at radius 2 is 0.885 bits per heavy atom. The fourth-order valence-corrected chi connectivity index (χ4v) is 4.26. The molecule has 2 saturated carbocycles. The Bertz CT molecular complexity index is 358. The average Bonchev–Trinajstić information content (AvgIpc) is 2.54. The first-order chi connectivity index (χ1) is 11.8. The quantitative estimate of drug-likeness (QED) is 0.420. The number of rotatable bonds is 2. The third-order valence-electron chi connectivity index (χ3n) is 6.24. The van der Waals surface area contributed by atoms with Gasteiger partial charge in [-0.25, -0.2) is 0 Å². The van der Waals surface area contributed by atoms with E-state index in [1.807, 2.05) is 27.7 Å². The van der Waals surface area contributed by atoms with Gasteiger partial charge in [0.1, 0.15) is 0 Å². The highest BCUT2D eigenvalue weighted by atomic mass is 19.4. The second kappa shape index (κ2) is 9.68. The molecule has 0 heterocycles. The largest absolute Gasteiger partial charge is 0.391 e. The lowest BCUT2D eigenvalue weighted by molar-refractivity contribution is -0.187. The monoisotopic (exact) mass is 388 g/mol. The van der Waals surface area contributed by atoms with E-state index in [0.717, 1.165) is 25.7 Å². The van der Waals surface area contributed by atoms with Gasteiger partial charge in [0.2, 0.25) is 0 Å². The first-order valence-electron chi connectivity index (χ1n) is 9.95. The molecule has 1 unspecified atom stereocenters. The molecule has 2 rings (SSSR count). The standard InChI is InChI=1S/2C10H17F3/c2*1-7(2)8-4-3-5-9(6-8)10(11,12)13/h2*7-9H,3-6H2,1-2H3/t8?,9-;8-,9+/m11/s1. The first-order valence-corrected chi connectivity index (χ1v) is 9.95. The van der Waals surface area contributed by atoms with Crippen LogP contribution in [-0.2, 0) is 0 Å². The topological polar surface area (TPSA) is 0 Å². The summed E-state index contributed by atoms with van der Waals surface area (Å²) in [5.41, 5.74) is 0. The van der Waals surface area contributed by atoms with Gasteiger partial charge in [-0.15, -0.1) is 0 Å². The van der Waals surface area contributed by atoms with Crippen LogP contribution in [0.25, 0.3) is 0 Å². The van der Waals surface area contributed by atoms with E-state index in [0.29, 0.717) is 37.5 Å². The predicted molar refractivity (Wildman–Crippen MR) is 92.7 cm³/mol. The maximum absolute atomic E-state index is 12.4. The van der Waals surface area contributed by atoms with Gasteiger partial charge in [-0.05, 0) is 49.4 Å². The molecule has 0 nitrogen and oxygen atoms in total. The van der Waals surface area contributed by atoms with Gasteiger partial charge in [-0.1, -0.05) is 53.4 Å². The van der Waals surface area contributed by atoms with E-state index in [2.05, 4.69) is 0 Å². The van der Waals surface area contributed by atoms with Crippen LogP contribution in [-0.4, -0.2) is 12.4 Å². The number of alkyl halides is 6. The molecule has 0 amide bonds. The van der Waals surface area contributed by atoms with E-state index < -0.39 is 24.2 Å². The van der Waals surface area contributed by atoms with Crippen molar-refractivity contribution in [1.82, 2.24) is 0 Å². The SMILES string of the molecule is CC(C)C1CCC[C@@H](C(F)(F)F)C1.CC(C)[C@@H]1CCC[C@H](C(F)(F)F)C1. The molecule has 4 atom stereocenters. The molecule has 156 valence electrons.